The Morgan fingerprint density at radius 1 is 0.556 bits per heavy atom. The van der Waals surface area contributed by atoms with Gasteiger partial charge in [-0.15, -0.1) is 0 Å². The maximum absolute atomic E-state index is 10.5. The molecule has 0 heterocycles. The molecule has 0 rings (SSSR count). The molecule has 0 unspecified atom stereocenters. The largest absolute Gasteiger partial charge is 0.356 e. The minimum atomic E-state index is 0.0519. The molecule has 10 N–H and O–H groups in total. The molecule has 0 bridgehead atoms. The minimum Gasteiger partial charge on any atom is -0.356 e. The summed E-state index contributed by atoms with van der Waals surface area (Å²) >= 11 is 0. The highest BCUT2D eigenvalue weighted by Crippen LogP contribution is 1.85. The third-order valence-corrected chi connectivity index (χ3v) is 3.78. The second-order valence-electron chi connectivity index (χ2n) is 6.57. The fourth-order valence-corrected chi connectivity index (χ4v) is 2.20. The lowest BCUT2D eigenvalue weighted by Crippen LogP contribution is -2.23. The second-order valence-corrected chi connectivity index (χ2v) is 6.57. The number of hydrogen-bond acceptors (Lipinski definition) is 7. The van der Waals surface area contributed by atoms with Crippen LogP contribution in [0.5, 0.6) is 0 Å². The van der Waals surface area contributed by atoms with Crippen molar-refractivity contribution in [1.29, 1.82) is 0 Å². The van der Waals surface area contributed by atoms with Crippen LogP contribution >= 0.6 is 0 Å². The molecule has 8 nitrogen and oxygen atoms in total. The Kier molecular flexibility index (Phi) is 28.9. The van der Waals surface area contributed by atoms with Crippen molar-refractivity contribution in [1.82, 2.24) is 21.3 Å². The summed E-state index contributed by atoms with van der Waals surface area (Å²) in [5, 5.41) is 12.8. The third-order valence-electron chi connectivity index (χ3n) is 3.78. The van der Waals surface area contributed by atoms with Crippen molar-refractivity contribution >= 4 is 5.91 Å². The lowest BCUT2D eigenvalue weighted by molar-refractivity contribution is -0.118. The van der Waals surface area contributed by atoms with E-state index < -0.39 is 0 Å². The first-order valence-electron chi connectivity index (χ1n) is 10.7. The Labute approximate surface area is 167 Å². The zero-order chi connectivity index (χ0) is 20.4. The predicted octanol–water partition coefficient (Wildman–Crippen LogP) is -0.515. The molecule has 0 aromatic heterocycles. The number of nitrogens with two attached hydrogens (primary N) is 3. The van der Waals surface area contributed by atoms with Gasteiger partial charge in [0.25, 0.3) is 0 Å². The Morgan fingerprint density at radius 2 is 0.852 bits per heavy atom. The minimum absolute atomic E-state index is 0.0519. The summed E-state index contributed by atoms with van der Waals surface area (Å²) in [5.74, 6) is 0.0519. The fourth-order valence-electron chi connectivity index (χ4n) is 2.20. The van der Waals surface area contributed by atoms with Gasteiger partial charge in [-0.1, -0.05) is 0 Å². The van der Waals surface area contributed by atoms with Crippen LogP contribution < -0.4 is 38.5 Å². The van der Waals surface area contributed by atoms with E-state index in [1.165, 1.54) is 12.8 Å². The van der Waals surface area contributed by atoms with Crippen LogP contribution in [0.25, 0.3) is 0 Å². The average molecular weight is 390 g/mol. The van der Waals surface area contributed by atoms with Gasteiger partial charge in [0.1, 0.15) is 0 Å². The number of nitrogens with one attached hydrogen (secondary N) is 4. The van der Waals surface area contributed by atoms with Crippen molar-refractivity contribution in [2.75, 3.05) is 65.4 Å². The number of rotatable bonds is 19. The lowest BCUT2D eigenvalue weighted by Gasteiger charge is -2.04. The van der Waals surface area contributed by atoms with Crippen LogP contribution in [0.3, 0.4) is 0 Å². The maximum Gasteiger partial charge on any atom is 0.216 e. The number of carbonyl (C=O) groups is 1. The standard InChI is InChI=1S/C10H26N4.C9H21N3O/c11-5-3-9-13-7-1-2-8-14-10-4-6-12;1-9(13)12-8-3-2-6-11-7-4-5-10/h13-14H,1-12H2;11H,2-8,10H2,1H3,(H,12,13). The van der Waals surface area contributed by atoms with Crippen molar-refractivity contribution in [3.8, 4) is 0 Å². The molecule has 8 heteroatoms. The van der Waals surface area contributed by atoms with Crippen molar-refractivity contribution in [3.63, 3.8) is 0 Å². The number of amides is 1. The summed E-state index contributed by atoms with van der Waals surface area (Å²) in [7, 11) is 0. The molecule has 164 valence electrons. The highest BCUT2D eigenvalue weighted by Gasteiger charge is 1.91. The van der Waals surface area contributed by atoms with Gasteiger partial charge in [0.2, 0.25) is 5.91 Å². The van der Waals surface area contributed by atoms with Crippen LogP contribution in [-0.4, -0.2) is 71.4 Å². The molecular weight excluding hydrogens is 342 g/mol. The number of unbranched alkanes of at least 4 members (excludes halogenated alkanes) is 2. The van der Waals surface area contributed by atoms with Crippen LogP contribution in [0.2, 0.25) is 0 Å². The smallest absolute Gasteiger partial charge is 0.216 e. The highest BCUT2D eigenvalue weighted by atomic mass is 16.1. The van der Waals surface area contributed by atoms with Gasteiger partial charge in [0, 0.05) is 13.5 Å². The van der Waals surface area contributed by atoms with Crippen LogP contribution in [0.4, 0.5) is 0 Å². The predicted molar refractivity (Wildman–Crippen MR) is 117 cm³/mol. The molecule has 0 aliphatic heterocycles. The Hall–Kier alpha value is -0.770. The monoisotopic (exact) mass is 389 g/mol. The SMILES string of the molecule is CC(=O)NCCCCNCCCN.NCCCNCCCCNCCCN. The van der Waals surface area contributed by atoms with Crippen molar-refractivity contribution in [2.24, 2.45) is 17.2 Å². The summed E-state index contributed by atoms with van der Waals surface area (Å²) < 4.78 is 0. The van der Waals surface area contributed by atoms with Crippen molar-refractivity contribution < 1.29 is 4.79 Å². The van der Waals surface area contributed by atoms with Gasteiger partial charge >= 0.3 is 0 Å². The number of hydrogen-bond donors (Lipinski definition) is 7. The summed E-state index contributed by atoms with van der Waals surface area (Å²) in [5.41, 5.74) is 16.1. The van der Waals surface area contributed by atoms with E-state index in [2.05, 4.69) is 21.3 Å². The number of carbonyl (C=O) groups excluding carboxylic acids is 1. The lowest BCUT2D eigenvalue weighted by atomic mass is 10.3. The third kappa shape index (κ3) is 33.3. The van der Waals surface area contributed by atoms with E-state index in [-0.39, 0.29) is 5.91 Å². The molecule has 0 aromatic carbocycles. The Bertz CT molecular complexity index is 269. The van der Waals surface area contributed by atoms with Gasteiger partial charge < -0.3 is 38.5 Å². The van der Waals surface area contributed by atoms with Crippen LogP contribution in [-0.2, 0) is 4.79 Å². The van der Waals surface area contributed by atoms with Crippen molar-refractivity contribution in [3.05, 3.63) is 0 Å². The zero-order valence-electron chi connectivity index (χ0n) is 17.7. The van der Waals surface area contributed by atoms with Gasteiger partial charge in [-0.25, -0.2) is 0 Å². The topological polar surface area (TPSA) is 143 Å². The van der Waals surface area contributed by atoms with Crippen LogP contribution in [0.15, 0.2) is 0 Å². The first-order chi connectivity index (χ1) is 13.2. The van der Waals surface area contributed by atoms with Crippen LogP contribution in [0.1, 0.15) is 51.9 Å². The molecule has 0 aromatic rings. The quantitative estimate of drug-likeness (QED) is 0.147. The molecule has 0 spiro atoms. The van der Waals surface area contributed by atoms with E-state index >= 15 is 0 Å². The first-order valence-corrected chi connectivity index (χ1v) is 10.7. The van der Waals surface area contributed by atoms with Crippen molar-refractivity contribution in [2.45, 2.75) is 51.9 Å². The van der Waals surface area contributed by atoms with Gasteiger partial charge in [0.05, 0.1) is 0 Å². The molecule has 0 saturated carbocycles. The van der Waals surface area contributed by atoms with Gasteiger partial charge in [-0.2, -0.15) is 0 Å². The molecule has 0 saturated heterocycles. The van der Waals surface area contributed by atoms with E-state index in [0.29, 0.717) is 0 Å². The summed E-state index contributed by atoms with van der Waals surface area (Å²) in [4.78, 5) is 10.5. The van der Waals surface area contributed by atoms with E-state index in [1.807, 2.05) is 0 Å². The summed E-state index contributed by atoms with van der Waals surface area (Å²) in [6.45, 7) is 11.0. The molecule has 27 heavy (non-hydrogen) atoms. The van der Waals surface area contributed by atoms with Crippen LogP contribution in [0, 0.1) is 0 Å². The van der Waals surface area contributed by atoms with E-state index in [1.54, 1.807) is 6.92 Å². The summed E-state index contributed by atoms with van der Waals surface area (Å²) in [6, 6.07) is 0. The molecule has 0 fully saturated rings. The fraction of sp³-hybridized carbons (Fsp3) is 0.947. The summed E-state index contributed by atoms with van der Waals surface area (Å²) in [6.07, 6.45) is 7.80. The molecule has 0 atom stereocenters. The van der Waals surface area contributed by atoms with E-state index in [0.717, 1.165) is 97.6 Å². The molecule has 0 radical (unpaired) electrons. The molecule has 0 aliphatic carbocycles. The van der Waals surface area contributed by atoms with E-state index in [4.69, 9.17) is 17.2 Å². The average Bonchev–Trinajstić information content (AvgIpc) is 2.66. The first kappa shape index (κ1) is 28.4. The highest BCUT2D eigenvalue weighted by molar-refractivity contribution is 5.72. The normalized spacial score (nSPS) is 10.4. The van der Waals surface area contributed by atoms with Gasteiger partial charge in [0.15, 0.2) is 0 Å². The molecule has 0 aliphatic rings. The Morgan fingerprint density at radius 3 is 1.15 bits per heavy atom. The zero-order valence-corrected chi connectivity index (χ0v) is 17.7. The van der Waals surface area contributed by atoms with E-state index in [9.17, 15) is 4.79 Å². The molecular formula is C19H47N7O. The Balaban J connectivity index is 0. The van der Waals surface area contributed by atoms with Gasteiger partial charge in [-0.3, -0.25) is 4.79 Å². The maximum atomic E-state index is 10.5. The molecule has 1 amide bonds. The second kappa shape index (κ2) is 27.4. The van der Waals surface area contributed by atoms with Gasteiger partial charge in [-0.05, 0) is 104 Å².